The molecular weight excluding hydrogens is 276 g/mol. The van der Waals surface area contributed by atoms with Crippen LogP contribution in [0.15, 0.2) is 36.6 Å². The number of allylic oxidation sites excluding steroid dienone is 1. The predicted molar refractivity (Wildman–Crippen MR) is 87.9 cm³/mol. The van der Waals surface area contributed by atoms with E-state index >= 15 is 0 Å². The lowest BCUT2D eigenvalue weighted by Crippen LogP contribution is -2.04. The third-order valence-electron chi connectivity index (χ3n) is 3.81. The highest BCUT2D eigenvalue weighted by Gasteiger charge is 2.46. The molecule has 1 aliphatic rings. The van der Waals surface area contributed by atoms with Crippen molar-refractivity contribution in [3.63, 3.8) is 0 Å². The molecule has 1 heterocycles. The van der Waals surface area contributed by atoms with E-state index in [1.54, 1.807) is 6.26 Å². The summed E-state index contributed by atoms with van der Waals surface area (Å²) in [4.78, 5) is 0. The maximum absolute atomic E-state index is 5.59. The minimum atomic E-state index is 0.0865. The number of benzene rings is 1. The Labute approximate surface area is 133 Å². The first-order valence-electron chi connectivity index (χ1n) is 7.69. The van der Waals surface area contributed by atoms with E-state index in [1.807, 2.05) is 24.3 Å². The van der Waals surface area contributed by atoms with Crippen LogP contribution in [-0.2, 0) is 4.74 Å². The standard InChI is InChI=1S/C19H24O3/c1-5-13-20-16-7-9-17(10-8-16)21-14-12-15(2)6-11-18-19(3,4)22-18/h1,7-10,12,14-15,18H,6,11,13H2,2-4H3. The van der Waals surface area contributed by atoms with Crippen LogP contribution in [0.5, 0.6) is 11.5 Å². The van der Waals surface area contributed by atoms with Crippen molar-refractivity contribution in [1.82, 2.24) is 0 Å². The fourth-order valence-corrected chi connectivity index (χ4v) is 2.24. The van der Waals surface area contributed by atoms with E-state index in [4.69, 9.17) is 20.6 Å². The maximum atomic E-state index is 5.59. The topological polar surface area (TPSA) is 31.0 Å². The minimum Gasteiger partial charge on any atom is -0.481 e. The molecule has 2 unspecified atom stereocenters. The van der Waals surface area contributed by atoms with Crippen LogP contribution in [0, 0.1) is 18.3 Å². The Kier molecular flexibility index (Phi) is 5.51. The van der Waals surface area contributed by atoms with Gasteiger partial charge in [-0.05, 0) is 62.9 Å². The van der Waals surface area contributed by atoms with E-state index in [-0.39, 0.29) is 12.2 Å². The second kappa shape index (κ2) is 7.38. The summed E-state index contributed by atoms with van der Waals surface area (Å²) in [5, 5.41) is 0. The molecule has 118 valence electrons. The van der Waals surface area contributed by atoms with Gasteiger partial charge in [-0.1, -0.05) is 12.8 Å². The summed E-state index contributed by atoms with van der Waals surface area (Å²) in [6.45, 7) is 6.74. The Bertz CT molecular complexity index is 537. The second-order valence-corrected chi connectivity index (χ2v) is 6.18. The van der Waals surface area contributed by atoms with E-state index < -0.39 is 0 Å². The monoisotopic (exact) mass is 300 g/mol. The minimum absolute atomic E-state index is 0.0865. The van der Waals surface area contributed by atoms with Gasteiger partial charge in [0.1, 0.15) is 18.1 Å². The number of epoxide rings is 1. The molecule has 22 heavy (non-hydrogen) atoms. The molecule has 0 bridgehead atoms. The molecule has 0 spiro atoms. The molecule has 3 nitrogen and oxygen atoms in total. The van der Waals surface area contributed by atoms with Crippen molar-refractivity contribution in [2.75, 3.05) is 6.61 Å². The fourth-order valence-electron chi connectivity index (χ4n) is 2.24. The molecule has 1 aromatic rings. The van der Waals surface area contributed by atoms with Gasteiger partial charge in [0.05, 0.1) is 18.0 Å². The van der Waals surface area contributed by atoms with Gasteiger partial charge < -0.3 is 14.2 Å². The van der Waals surface area contributed by atoms with E-state index in [0.29, 0.717) is 12.0 Å². The zero-order valence-corrected chi connectivity index (χ0v) is 13.5. The van der Waals surface area contributed by atoms with Gasteiger partial charge in [0.2, 0.25) is 0 Å². The SMILES string of the molecule is C#CCOc1ccc(OC=CC(C)CCC2OC2(C)C)cc1. The van der Waals surface area contributed by atoms with Crippen molar-refractivity contribution in [1.29, 1.82) is 0 Å². The Morgan fingerprint density at radius 1 is 1.32 bits per heavy atom. The molecule has 0 saturated carbocycles. The van der Waals surface area contributed by atoms with Gasteiger partial charge in [0.25, 0.3) is 0 Å². The van der Waals surface area contributed by atoms with Crippen molar-refractivity contribution >= 4 is 0 Å². The van der Waals surface area contributed by atoms with E-state index in [2.05, 4.69) is 32.8 Å². The molecule has 0 aliphatic carbocycles. The maximum Gasteiger partial charge on any atom is 0.148 e. The summed E-state index contributed by atoms with van der Waals surface area (Å²) in [6.07, 6.45) is 11.6. The molecule has 2 atom stereocenters. The van der Waals surface area contributed by atoms with E-state index in [9.17, 15) is 0 Å². The van der Waals surface area contributed by atoms with Crippen LogP contribution >= 0.6 is 0 Å². The molecule has 2 rings (SSSR count). The molecule has 0 radical (unpaired) electrons. The zero-order chi connectivity index (χ0) is 16.0. The molecule has 1 fully saturated rings. The van der Waals surface area contributed by atoms with E-state index in [1.165, 1.54) is 0 Å². The lowest BCUT2D eigenvalue weighted by molar-refractivity contribution is 0.316. The zero-order valence-electron chi connectivity index (χ0n) is 13.5. The van der Waals surface area contributed by atoms with Gasteiger partial charge in [-0.25, -0.2) is 0 Å². The molecule has 1 aliphatic heterocycles. The van der Waals surface area contributed by atoms with Crippen LogP contribution < -0.4 is 9.47 Å². The molecule has 1 aromatic carbocycles. The van der Waals surface area contributed by atoms with Crippen LogP contribution in [0.1, 0.15) is 33.6 Å². The van der Waals surface area contributed by atoms with Crippen molar-refractivity contribution < 1.29 is 14.2 Å². The molecular formula is C19H24O3. The molecule has 3 heteroatoms. The van der Waals surface area contributed by atoms with E-state index in [0.717, 1.165) is 24.3 Å². The average molecular weight is 300 g/mol. The Balaban J connectivity index is 1.69. The normalized spacial score (nSPS) is 20.4. The Morgan fingerprint density at radius 3 is 2.55 bits per heavy atom. The quantitative estimate of drug-likeness (QED) is 0.410. The number of hydrogen-bond donors (Lipinski definition) is 0. The number of rotatable bonds is 8. The lowest BCUT2D eigenvalue weighted by atomic mass is 10.00. The summed E-state index contributed by atoms with van der Waals surface area (Å²) >= 11 is 0. The van der Waals surface area contributed by atoms with Gasteiger partial charge in [0, 0.05) is 0 Å². The van der Waals surface area contributed by atoms with Crippen LogP contribution in [0.25, 0.3) is 0 Å². The van der Waals surface area contributed by atoms with Gasteiger partial charge in [-0.15, -0.1) is 6.42 Å². The molecule has 0 amide bonds. The predicted octanol–water partition coefficient (Wildman–Crippen LogP) is 4.18. The van der Waals surface area contributed by atoms with Gasteiger partial charge in [0.15, 0.2) is 0 Å². The Hall–Kier alpha value is -1.92. The summed E-state index contributed by atoms with van der Waals surface area (Å²) in [5.74, 6) is 4.43. The fraction of sp³-hybridized carbons (Fsp3) is 0.474. The summed E-state index contributed by atoms with van der Waals surface area (Å²) < 4.78 is 16.5. The van der Waals surface area contributed by atoms with Crippen molar-refractivity contribution in [3.05, 3.63) is 36.6 Å². The lowest BCUT2D eigenvalue weighted by Gasteiger charge is -2.06. The van der Waals surface area contributed by atoms with Gasteiger partial charge >= 0.3 is 0 Å². The number of terminal acetylenes is 1. The smallest absolute Gasteiger partial charge is 0.148 e. The molecule has 1 saturated heterocycles. The van der Waals surface area contributed by atoms with Crippen LogP contribution in [0.2, 0.25) is 0 Å². The van der Waals surface area contributed by atoms with Crippen LogP contribution in [0.4, 0.5) is 0 Å². The summed E-state index contributed by atoms with van der Waals surface area (Å²) in [5.41, 5.74) is 0.0865. The van der Waals surface area contributed by atoms with Gasteiger partial charge in [-0.3, -0.25) is 0 Å². The second-order valence-electron chi connectivity index (χ2n) is 6.18. The number of hydrogen-bond acceptors (Lipinski definition) is 3. The first-order valence-corrected chi connectivity index (χ1v) is 7.69. The highest BCUT2D eigenvalue weighted by molar-refractivity contribution is 5.31. The van der Waals surface area contributed by atoms with Crippen molar-refractivity contribution in [3.8, 4) is 23.8 Å². The molecule has 0 aromatic heterocycles. The van der Waals surface area contributed by atoms with Crippen LogP contribution in [-0.4, -0.2) is 18.3 Å². The Morgan fingerprint density at radius 2 is 1.95 bits per heavy atom. The first kappa shape index (κ1) is 16.5. The van der Waals surface area contributed by atoms with Gasteiger partial charge in [-0.2, -0.15) is 0 Å². The average Bonchev–Trinajstić information content (AvgIpc) is 3.11. The first-order chi connectivity index (χ1) is 10.5. The third kappa shape index (κ3) is 5.13. The summed E-state index contributed by atoms with van der Waals surface area (Å²) in [7, 11) is 0. The highest BCUT2D eigenvalue weighted by atomic mass is 16.6. The molecule has 0 N–H and O–H groups in total. The number of ether oxygens (including phenoxy) is 3. The van der Waals surface area contributed by atoms with Crippen molar-refractivity contribution in [2.45, 2.75) is 45.3 Å². The largest absolute Gasteiger partial charge is 0.481 e. The van der Waals surface area contributed by atoms with Crippen molar-refractivity contribution in [2.24, 2.45) is 5.92 Å². The highest BCUT2D eigenvalue weighted by Crippen LogP contribution is 2.39. The van der Waals surface area contributed by atoms with Crippen LogP contribution in [0.3, 0.4) is 0 Å². The third-order valence-corrected chi connectivity index (χ3v) is 3.81. The summed E-state index contributed by atoms with van der Waals surface area (Å²) in [6, 6.07) is 7.41.